The highest BCUT2D eigenvalue weighted by Gasteiger charge is 2.70. The van der Waals surface area contributed by atoms with Gasteiger partial charge in [-0.3, -0.25) is 4.40 Å². The van der Waals surface area contributed by atoms with Crippen LogP contribution in [0, 0.1) is 0 Å². The molecule has 3 aliphatic heterocycles. The highest BCUT2D eigenvalue weighted by molar-refractivity contribution is 6.14. The predicted octanol–water partition coefficient (Wildman–Crippen LogP) is 7.25. The average Bonchev–Trinajstić information content (AvgIpc) is 3.72. The molecule has 0 amide bonds. The Balaban J connectivity index is 1.40. The van der Waals surface area contributed by atoms with Gasteiger partial charge in [-0.05, 0) is 36.4 Å². The summed E-state index contributed by atoms with van der Waals surface area (Å²) in [6, 6.07) is 42.9. The van der Waals surface area contributed by atoms with Crippen LogP contribution >= 0.6 is 0 Å². The maximum absolute atomic E-state index is 6.74. The van der Waals surface area contributed by atoms with Gasteiger partial charge in [-0.2, -0.15) is 0 Å². The Morgan fingerprint density at radius 3 is 2.26 bits per heavy atom. The summed E-state index contributed by atoms with van der Waals surface area (Å²) < 4.78 is 14.0. The van der Waals surface area contributed by atoms with Crippen molar-refractivity contribution < 1.29 is 13.9 Å². The van der Waals surface area contributed by atoms with Crippen molar-refractivity contribution in [3.63, 3.8) is 0 Å². The summed E-state index contributed by atoms with van der Waals surface area (Å²) in [7, 11) is 0. The van der Waals surface area contributed by atoms with Crippen molar-refractivity contribution in [2.45, 2.75) is 5.66 Å². The van der Waals surface area contributed by atoms with Crippen molar-refractivity contribution in [1.82, 2.24) is 9.38 Å². The number of pyridine rings is 3. The first-order chi connectivity index (χ1) is 21.4. The largest absolute Gasteiger partial charge is 0.456 e. The summed E-state index contributed by atoms with van der Waals surface area (Å²) in [5.41, 5.74) is 11.8. The first-order valence-corrected chi connectivity index (χ1v) is 14.7. The number of ether oxygens (including phenoxy) is 1. The third kappa shape index (κ3) is 2.35. The van der Waals surface area contributed by atoms with Crippen LogP contribution in [0.3, 0.4) is 0 Å². The zero-order valence-electron chi connectivity index (χ0n) is 22.9. The lowest BCUT2D eigenvalue weighted by atomic mass is 9.86. The molecule has 7 heterocycles. The topological polar surface area (TPSA) is 34.3 Å². The molecule has 0 fully saturated rings. The number of nitrogens with zero attached hydrogens (tertiary/aromatic N) is 4. The van der Waals surface area contributed by atoms with Gasteiger partial charge in [-0.1, -0.05) is 66.7 Å². The Kier molecular flexibility index (Phi) is 3.73. The van der Waals surface area contributed by atoms with Crippen molar-refractivity contribution in [3.05, 3.63) is 145 Å². The predicted molar refractivity (Wildman–Crippen MR) is 165 cm³/mol. The van der Waals surface area contributed by atoms with Crippen LogP contribution in [0.1, 0.15) is 11.1 Å². The molecule has 0 saturated carbocycles. The molecule has 0 radical (unpaired) electrons. The zero-order chi connectivity index (χ0) is 27.9. The van der Waals surface area contributed by atoms with E-state index in [9.17, 15) is 0 Å². The van der Waals surface area contributed by atoms with E-state index in [1.54, 1.807) is 0 Å². The molecule has 4 aromatic carbocycles. The minimum absolute atomic E-state index is 0.591. The third-order valence-corrected chi connectivity index (χ3v) is 9.61. The molecule has 11 rings (SSSR count). The van der Waals surface area contributed by atoms with E-state index in [1.165, 1.54) is 33.3 Å². The van der Waals surface area contributed by atoms with Gasteiger partial charge in [0.2, 0.25) is 11.2 Å². The number of hydrogen-bond acceptors (Lipinski definition) is 2. The van der Waals surface area contributed by atoms with Crippen LogP contribution in [0.2, 0.25) is 0 Å². The van der Waals surface area contributed by atoms with Crippen LogP contribution in [-0.2, 0) is 5.66 Å². The van der Waals surface area contributed by atoms with E-state index in [4.69, 9.17) is 9.72 Å². The molecule has 8 aromatic rings. The molecule has 1 spiro atoms. The summed E-state index contributed by atoms with van der Waals surface area (Å²) in [6.45, 7) is 0. The first kappa shape index (κ1) is 21.9. The average molecular weight is 551 g/mol. The van der Waals surface area contributed by atoms with E-state index in [1.807, 2.05) is 0 Å². The van der Waals surface area contributed by atoms with Crippen LogP contribution in [0.25, 0.3) is 61.2 Å². The molecular formula is C38H22N4O+2. The minimum atomic E-state index is -0.591. The summed E-state index contributed by atoms with van der Waals surface area (Å²) in [4.78, 5) is 5.46. The molecule has 5 nitrogen and oxygen atoms in total. The summed E-state index contributed by atoms with van der Waals surface area (Å²) >= 11 is 0. The van der Waals surface area contributed by atoms with Gasteiger partial charge < -0.3 is 4.74 Å². The highest BCUT2D eigenvalue weighted by Crippen LogP contribution is 2.57. The highest BCUT2D eigenvalue weighted by atomic mass is 16.5. The van der Waals surface area contributed by atoms with Gasteiger partial charge in [0.1, 0.15) is 22.7 Å². The van der Waals surface area contributed by atoms with Gasteiger partial charge in [0.05, 0.1) is 22.3 Å². The Hall–Kier alpha value is -5.81. The monoisotopic (exact) mass is 550 g/mol. The second-order valence-electron chi connectivity index (χ2n) is 11.6. The quantitative estimate of drug-likeness (QED) is 0.168. The van der Waals surface area contributed by atoms with Crippen molar-refractivity contribution in [2.75, 3.05) is 0 Å². The molecular weight excluding hydrogens is 528 g/mol. The van der Waals surface area contributed by atoms with Gasteiger partial charge in [0.15, 0.2) is 23.5 Å². The van der Waals surface area contributed by atoms with Crippen LogP contribution in [-0.4, -0.2) is 9.38 Å². The summed E-state index contributed by atoms with van der Waals surface area (Å²) in [5, 5.41) is 2.33. The van der Waals surface area contributed by atoms with E-state index in [0.717, 1.165) is 50.6 Å². The van der Waals surface area contributed by atoms with Gasteiger partial charge >= 0.3 is 5.66 Å². The van der Waals surface area contributed by atoms with Gasteiger partial charge in [0, 0.05) is 34.7 Å². The van der Waals surface area contributed by atoms with Crippen LogP contribution in [0.5, 0.6) is 11.5 Å². The lowest BCUT2D eigenvalue weighted by Gasteiger charge is -2.25. The second-order valence-corrected chi connectivity index (χ2v) is 11.6. The lowest BCUT2D eigenvalue weighted by Crippen LogP contribution is -2.71. The first-order valence-electron chi connectivity index (χ1n) is 14.7. The lowest BCUT2D eigenvalue weighted by molar-refractivity contribution is -0.950. The van der Waals surface area contributed by atoms with Crippen LogP contribution < -0.4 is 13.9 Å². The Bertz CT molecular complexity index is 2530. The number of benzene rings is 4. The molecule has 0 saturated heterocycles. The number of imidazole rings is 1. The van der Waals surface area contributed by atoms with E-state index >= 15 is 0 Å². The number of hydrogen-bond donors (Lipinski definition) is 0. The third-order valence-electron chi connectivity index (χ3n) is 9.61. The molecule has 0 N–H and O–H groups in total. The second kappa shape index (κ2) is 7.33. The fourth-order valence-corrected chi connectivity index (χ4v) is 8.11. The Labute approximate surface area is 246 Å². The van der Waals surface area contributed by atoms with Crippen molar-refractivity contribution in [3.8, 4) is 45.3 Å². The Morgan fingerprint density at radius 1 is 0.628 bits per heavy atom. The summed E-state index contributed by atoms with van der Waals surface area (Å²) in [5.74, 6) is 1.81. The molecule has 1 unspecified atom stereocenters. The molecule has 4 aromatic heterocycles. The van der Waals surface area contributed by atoms with Crippen LogP contribution in [0.4, 0.5) is 0 Å². The standard InChI is InChI=1S/C38H22N4O/c1-3-11-23(12-4-1)34-35(24-13-5-2-6-14-24)42-28-17-10-22-41-36(28)31-26(37(42)39-34)19-20-30-33(31)38(41)32-25(15-9-18-29(32)43-30)27-16-7-8-21-40(27)38/h1-22H/q+2. The molecule has 43 heavy (non-hydrogen) atoms. The molecule has 198 valence electrons. The van der Waals surface area contributed by atoms with Gasteiger partial charge in [-0.25, -0.2) is 4.98 Å². The maximum atomic E-state index is 6.74. The zero-order valence-corrected chi connectivity index (χ0v) is 22.9. The molecule has 5 heteroatoms. The SMILES string of the molecule is c1ccc(-c2nc3c4ccc5c6c4c4c(ccc[n+]4C64c6c(cccc6-c6cccc[n+]64)O5)n3c2-c2ccccc2)cc1. The van der Waals surface area contributed by atoms with E-state index in [2.05, 4.69) is 147 Å². The van der Waals surface area contributed by atoms with E-state index in [0.29, 0.717) is 0 Å². The number of aromatic nitrogens is 4. The molecule has 0 aliphatic carbocycles. The van der Waals surface area contributed by atoms with Gasteiger partial charge in [-0.15, -0.1) is 9.13 Å². The van der Waals surface area contributed by atoms with Crippen molar-refractivity contribution in [1.29, 1.82) is 0 Å². The fourth-order valence-electron chi connectivity index (χ4n) is 8.11. The summed E-state index contributed by atoms with van der Waals surface area (Å²) in [6.07, 6.45) is 4.47. The van der Waals surface area contributed by atoms with E-state index < -0.39 is 5.66 Å². The minimum Gasteiger partial charge on any atom is -0.456 e. The Morgan fingerprint density at radius 2 is 1.40 bits per heavy atom. The molecule has 1 atom stereocenters. The fraction of sp³-hybridized carbons (Fsp3) is 0.0263. The number of fused-ring (bicyclic) bond motifs is 5. The molecule has 0 bridgehead atoms. The van der Waals surface area contributed by atoms with Gasteiger partial charge in [0.25, 0.3) is 0 Å². The molecule has 3 aliphatic rings. The normalized spacial score (nSPS) is 16.7. The van der Waals surface area contributed by atoms with E-state index in [-0.39, 0.29) is 0 Å². The smallest absolute Gasteiger partial charge is 0.425 e. The maximum Gasteiger partial charge on any atom is 0.425 e. The van der Waals surface area contributed by atoms with Crippen LogP contribution in [0.15, 0.2) is 134 Å². The number of rotatable bonds is 2. The van der Waals surface area contributed by atoms with Crippen molar-refractivity contribution in [2.24, 2.45) is 0 Å². The van der Waals surface area contributed by atoms with Crippen molar-refractivity contribution >= 4 is 27.5 Å².